The van der Waals surface area contributed by atoms with E-state index in [4.69, 9.17) is 4.74 Å². The molecular weight excluding hydrogens is 615 g/mol. The van der Waals surface area contributed by atoms with Crippen molar-refractivity contribution < 1.29 is 29.3 Å². The lowest BCUT2D eigenvalue weighted by Crippen LogP contribution is -2.39. The van der Waals surface area contributed by atoms with Crippen LogP contribution < -0.4 is 10.6 Å². The number of amides is 3. The molecule has 0 radical (unpaired) electrons. The molecule has 2 atom stereocenters. The Kier molecular flexibility index (Phi) is 18.4. The number of anilines is 2. The van der Waals surface area contributed by atoms with Crippen LogP contribution in [0, 0.1) is 11.8 Å². The molecular formula is C32H55N5O6S2. The summed E-state index contributed by atoms with van der Waals surface area (Å²) in [6.07, 6.45) is 8.51. The number of carbonyl (C=O) groups excluding carboxylic acids is 3. The first-order valence-electron chi connectivity index (χ1n) is 15.9. The van der Waals surface area contributed by atoms with E-state index in [0.717, 1.165) is 37.0 Å². The number of rotatable bonds is 16. The zero-order chi connectivity index (χ0) is 34.2. The Morgan fingerprint density at radius 3 is 1.76 bits per heavy atom. The summed E-state index contributed by atoms with van der Waals surface area (Å²) in [5.41, 5.74) is -0.592. The van der Waals surface area contributed by atoms with Gasteiger partial charge in [0.1, 0.15) is 11.7 Å². The fourth-order valence-corrected chi connectivity index (χ4v) is 5.27. The topological polar surface area (TPSA) is 154 Å². The number of hydrogen-bond acceptors (Lipinski definition) is 10. The van der Waals surface area contributed by atoms with Crippen molar-refractivity contribution >= 4 is 50.8 Å². The van der Waals surface area contributed by atoms with Crippen molar-refractivity contribution in [2.45, 2.75) is 125 Å². The minimum atomic E-state index is -0.887. The van der Waals surface area contributed by atoms with Crippen LogP contribution >= 0.6 is 22.7 Å². The monoisotopic (exact) mass is 669 g/mol. The Balaban J connectivity index is 0.000000472. The summed E-state index contributed by atoms with van der Waals surface area (Å²) in [5, 5.41) is 27.0. The summed E-state index contributed by atoms with van der Waals surface area (Å²) < 4.78 is 5.42. The Hall–Kier alpha value is -2.61. The number of aliphatic hydroxyl groups excluding tert-OH is 2. The van der Waals surface area contributed by atoms with Crippen molar-refractivity contribution in [1.29, 1.82) is 0 Å². The van der Waals surface area contributed by atoms with Crippen LogP contribution in [0.1, 0.15) is 129 Å². The first-order valence-corrected chi connectivity index (χ1v) is 17.6. The quantitative estimate of drug-likeness (QED) is 0.134. The second-order valence-corrected chi connectivity index (χ2v) is 14.7. The van der Waals surface area contributed by atoms with E-state index >= 15 is 0 Å². The number of hydrogen-bond donors (Lipinski definition) is 4. The first kappa shape index (κ1) is 40.4. The predicted molar refractivity (Wildman–Crippen MR) is 183 cm³/mol. The van der Waals surface area contributed by atoms with Crippen LogP contribution in [0.3, 0.4) is 0 Å². The Morgan fingerprint density at radius 1 is 0.822 bits per heavy atom. The molecule has 256 valence electrons. The molecule has 0 aliphatic heterocycles. The summed E-state index contributed by atoms with van der Waals surface area (Å²) >= 11 is 2.56. The fraction of sp³-hybridized carbons (Fsp3) is 0.719. The number of nitrogens with one attached hydrogen (secondary N) is 2. The number of thiazole rings is 2. The number of carbonyl (C=O) groups is 3. The van der Waals surface area contributed by atoms with Crippen LogP contribution in [-0.4, -0.2) is 61.7 Å². The van der Waals surface area contributed by atoms with E-state index in [9.17, 15) is 24.6 Å². The van der Waals surface area contributed by atoms with Crippen LogP contribution in [0.4, 0.5) is 15.1 Å². The molecule has 13 heteroatoms. The standard InChI is InChI=1S/C18H31N3O4S.C14H24N2O2S/c1-7-8-9-21(17(24)25-18(4,5)6)11-13(22)14-10-19-16(26-14)20-15(23)12(2)3;1-4-5-6-7-8-11(17)12-9-15-14(19-12)16-13(18)10(2)3/h10,12-13,22H,7-9,11H2,1-6H3,(H,19,20,23);9-11,17H,4-8H2,1-3H3,(H,15,16,18)/t13-;11-/m00/s1. The molecule has 2 aromatic heterocycles. The van der Waals surface area contributed by atoms with Crippen molar-refractivity contribution in [3.63, 3.8) is 0 Å². The smallest absolute Gasteiger partial charge is 0.410 e. The Bertz CT molecular complexity index is 1160. The van der Waals surface area contributed by atoms with Gasteiger partial charge in [-0.15, -0.1) is 0 Å². The molecule has 3 amide bonds. The lowest BCUT2D eigenvalue weighted by molar-refractivity contribution is -0.119. The normalized spacial score (nSPS) is 12.7. The molecule has 0 saturated heterocycles. The van der Waals surface area contributed by atoms with E-state index < -0.39 is 23.9 Å². The molecule has 0 spiro atoms. The van der Waals surface area contributed by atoms with Crippen LogP contribution in [-0.2, 0) is 14.3 Å². The van der Waals surface area contributed by atoms with Gasteiger partial charge in [-0.2, -0.15) is 0 Å². The molecule has 2 heterocycles. The summed E-state index contributed by atoms with van der Waals surface area (Å²) in [5.74, 6) is -0.382. The van der Waals surface area contributed by atoms with Gasteiger partial charge in [-0.3, -0.25) is 9.59 Å². The molecule has 0 bridgehead atoms. The molecule has 0 saturated carbocycles. The second-order valence-electron chi connectivity index (χ2n) is 12.6. The van der Waals surface area contributed by atoms with Crippen LogP contribution in [0.5, 0.6) is 0 Å². The van der Waals surface area contributed by atoms with E-state index in [1.807, 2.05) is 41.5 Å². The molecule has 2 rings (SSSR count). The maximum Gasteiger partial charge on any atom is 0.410 e. The molecule has 0 unspecified atom stereocenters. The van der Waals surface area contributed by atoms with Gasteiger partial charge in [0.2, 0.25) is 11.8 Å². The van der Waals surface area contributed by atoms with E-state index in [0.29, 0.717) is 21.7 Å². The van der Waals surface area contributed by atoms with E-state index in [-0.39, 0.29) is 30.2 Å². The summed E-state index contributed by atoms with van der Waals surface area (Å²) in [7, 11) is 0. The van der Waals surface area contributed by atoms with Crippen molar-refractivity contribution in [2.75, 3.05) is 23.7 Å². The fourth-order valence-electron chi connectivity index (χ4n) is 3.63. The van der Waals surface area contributed by atoms with Crippen LogP contribution in [0.25, 0.3) is 0 Å². The van der Waals surface area contributed by atoms with Gasteiger partial charge in [0, 0.05) is 30.8 Å². The highest BCUT2D eigenvalue weighted by molar-refractivity contribution is 7.16. The highest BCUT2D eigenvalue weighted by atomic mass is 32.1. The Morgan fingerprint density at radius 2 is 1.31 bits per heavy atom. The van der Waals surface area contributed by atoms with E-state index in [2.05, 4.69) is 27.5 Å². The number of ether oxygens (including phenoxy) is 1. The number of nitrogens with zero attached hydrogens (tertiary/aromatic N) is 3. The molecule has 2 aromatic rings. The first-order chi connectivity index (χ1) is 21.1. The third-order valence-electron chi connectivity index (χ3n) is 6.37. The molecule has 0 aromatic carbocycles. The summed E-state index contributed by atoms with van der Waals surface area (Å²) in [6.45, 7) is 17.5. The van der Waals surface area contributed by atoms with E-state index in [1.165, 1.54) is 46.6 Å². The number of aromatic nitrogens is 2. The third kappa shape index (κ3) is 16.5. The highest BCUT2D eigenvalue weighted by Gasteiger charge is 2.25. The highest BCUT2D eigenvalue weighted by Crippen LogP contribution is 2.28. The average molecular weight is 670 g/mol. The SMILES string of the molecule is CCCCCC[C@H](O)c1cnc(NC(=O)C(C)C)s1.CCCCN(C[C@H](O)c1cnc(NC(=O)C(C)C)s1)C(=O)OC(C)(C)C. The van der Waals surface area contributed by atoms with Gasteiger partial charge in [-0.05, 0) is 33.6 Å². The largest absolute Gasteiger partial charge is 0.444 e. The second kappa shape index (κ2) is 20.5. The van der Waals surface area contributed by atoms with Crippen molar-refractivity contribution in [3.05, 3.63) is 22.1 Å². The maximum atomic E-state index is 12.4. The zero-order valence-corrected chi connectivity index (χ0v) is 30.1. The lowest BCUT2D eigenvalue weighted by Gasteiger charge is -2.28. The van der Waals surface area contributed by atoms with Gasteiger partial charge in [-0.25, -0.2) is 14.8 Å². The van der Waals surface area contributed by atoms with Gasteiger partial charge in [0.25, 0.3) is 0 Å². The molecule has 0 aliphatic rings. The van der Waals surface area contributed by atoms with Crippen molar-refractivity contribution in [2.24, 2.45) is 11.8 Å². The van der Waals surface area contributed by atoms with E-state index in [1.54, 1.807) is 20.0 Å². The molecule has 0 aliphatic carbocycles. The minimum Gasteiger partial charge on any atom is -0.444 e. The van der Waals surface area contributed by atoms with Crippen molar-refractivity contribution in [3.8, 4) is 0 Å². The summed E-state index contributed by atoms with van der Waals surface area (Å²) in [4.78, 5) is 46.8. The van der Waals surface area contributed by atoms with Gasteiger partial charge in [0.15, 0.2) is 10.3 Å². The van der Waals surface area contributed by atoms with Crippen LogP contribution in [0.15, 0.2) is 12.4 Å². The van der Waals surface area contributed by atoms with Crippen molar-refractivity contribution in [1.82, 2.24) is 14.9 Å². The number of unbranched alkanes of at least 4 members (excludes halogenated alkanes) is 4. The van der Waals surface area contributed by atoms with Gasteiger partial charge >= 0.3 is 6.09 Å². The molecule has 0 fully saturated rings. The van der Waals surface area contributed by atoms with Gasteiger partial charge in [-0.1, -0.05) is 96.3 Å². The lowest BCUT2D eigenvalue weighted by atomic mass is 10.1. The number of aliphatic hydroxyl groups is 2. The average Bonchev–Trinajstić information content (AvgIpc) is 3.62. The molecule has 45 heavy (non-hydrogen) atoms. The molecule has 11 nitrogen and oxygen atoms in total. The maximum absolute atomic E-state index is 12.4. The van der Waals surface area contributed by atoms with Gasteiger partial charge < -0.3 is 30.5 Å². The zero-order valence-electron chi connectivity index (χ0n) is 28.5. The minimum absolute atomic E-state index is 0.0432. The summed E-state index contributed by atoms with van der Waals surface area (Å²) in [6, 6.07) is 0. The predicted octanol–water partition coefficient (Wildman–Crippen LogP) is 7.55. The third-order valence-corrected chi connectivity index (χ3v) is 8.40. The van der Waals surface area contributed by atoms with Gasteiger partial charge in [0.05, 0.1) is 22.4 Å². The van der Waals surface area contributed by atoms with Crippen LogP contribution in [0.2, 0.25) is 0 Å². The molecule has 4 N–H and O–H groups in total. The Labute approximate surface area is 277 Å².